The summed E-state index contributed by atoms with van der Waals surface area (Å²) in [6.07, 6.45) is 8.80. The predicted molar refractivity (Wildman–Crippen MR) is 53.9 cm³/mol. The fraction of sp³-hybridized carbons (Fsp3) is 0.250. The first kappa shape index (κ1) is 8.07. The van der Waals surface area contributed by atoms with E-state index < -0.39 is 0 Å². The normalized spacial score (nSPS) is 21.8. The van der Waals surface area contributed by atoms with Crippen molar-refractivity contribution in [1.82, 2.24) is 4.98 Å². The van der Waals surface area contributed by atoms with Gasteiger partial charge in [-0.1, -0.05) is 24.0 Å². The molecule has 1 heteroatoms. The molecule has 0 aliphatic heterocycles. The molecule has 2 rings (SSSR count). The molecule has 1 nitrogen and oxygen atoms in total. The van der Waals surface area contributed by atoms with Crippen molar-refractivity contribution in [3.63, 3.8) is 0 Å². The van der Waals surface area contributed by atoms with Crippen LogP contribution < -0.4 is 0 Å². The Hall–Kier alpha value is -1.55. The molecule has 1 aromatic heterocycles. The molecule has 0 amide bonds. The molecule has 0 fully saturated rings. The predicted octanol–water partition coefficient (Wildman–Crippen LogP) is 2.29. The van der Waals surface area contributed by atoms with Gasteiger partial charge < -0.3 is 0 Å². The van der Waals surface area contributed by atoms with E-state index in [0.29, 0.717) is 5.92 Å². The van der Waals surface area contributed by atoms with Crippen LogP contribution in [0.2, 0.25) is 0 Å². The largest absolute Gasteiger partial charge is 0.264 e. The molecule has 0 bridgehead atoms. The smallest absolute Gasteiger partial charge is 0.0361 e. The second kappa shape index (κ2) is 3.45. The van der Waals surface area contributed by atoms with Crippen molar-refractivity contribution in [3.8, 4) is 11.8 Å². The minimum Gasteiger partial charge on any atom is -0.264 e. The van der Waals surface area contributed by atoms with E-state index in [4.69, 9.17) is 0 Å². The van der Waals surface area contributed by atoms with E-state index in [-0.39, 0.29) is 0 Å². The standard InChI is InChI=1S/C12H11N/c1-10-3-2-4-12-9-13-8-7-11(12)6-5-10/h5-10H,4H2,1H3/b6-5-. The van der Waals surface area contributed by atoms with Crippen molar-refractivity contribution in [2.75, 3.05) is 0 Å². The van der Waals surface area contributed by atoms with Crippen LogP contribution in [0.3, 0.4) is 0 Å². The third-order valence-corrected chi connectivity index (χ3v) is 2.11. The zero-order valence-electron chi connectivity index (χ0n) is 7.62. The maximum atomic E-state index is 4.09. The highest BCUT2D eigenvalue weighted by atomic mass is 14.6. The molecule has 1 aliphatic rings. The highest BCUT2D eigenvalue weighted by Gasteiger charge is 2.00. The number of nitrogens with zero attached hydrogens (tertiary/aromatic N) is 1. The first-order valence-corrected chi connectivity index (χ1v) is 4.46. The summed E-state index contributed by atoms with van der Waals surface area (Å²) >= 11 is 0. The van der Waals surface area contributed by atoms with Crippen LogP contribution in [0.5, 0.6) is 0 Å². The van der Waals surface area contributed by atoms with Gasteiger partial charge in [-0.15, -0.1) is 0 Å². The molecule has 1 unspecified atom stereocenters. The fourth-order valence-electron chi connectivity index (χ4n) is 1.35. The van der Waals surface area contributed by atoms with Crippen molar-refractivity contribution in [2.24, 2.45) is 5.92 Å². The average Bonchev–Trinajstić information content (AvgIpc) is 2.13. The average molecular weight is 169 g/mol. The van der Waals surface area contributed by atoms with Crippen LogP contribution >= 0.6 is 0 Å². The van der Waals surface area contributed by atoms with Gasteiger partial charge in [0.25, 0.3) is 0 Å². The minimum absolute atomic E-state index is 0.362. The molecule has 0 N–H and O–H groups in total. The summed E-state index contributed by atoms with van der Waals surface area (Å²) in [6, 6.07) is 2.03. The molecule has 0 saturated carbocycles. The second-order valence-corrected chi connectivity index (χ2v) is 3.22. The van der Waals surface area contributed by atoms with Crippen molar-refractivity contribution >= 4 is 6.08 Å². The third-order valence-electron chi connectivity index (χ3n) is 2.11. The minimum atomic E-state index is 0.362. The quantitative estimate of drug-likeness (QED) is 0.543. The first-order chi connectivity index (χ1) is 6.36. The Labute approximate surface area is 78.5 Å². The molecule has 0 saturated heterocycles. The Morgan fingerprint density at radius 3 is 3.38 bits per heavy atom. The van der Waals surface area contributed by atoms with Crippen LogP contribution in [-0.2, 0) is 6.42 Å². The van der Waals surface area contributed by atoms with Gasteiger partial charge in [-0.2, -0.15) is 0 Å². The summed E-state index contributed by atoms with van der Waals surface area (Å²) in [5.41, 5.74) is 2.47. The van der Waals surface area contributed by atoms with Crippen molar-refractivity contribution in [1.29, 1.82) is 0 Å². The van der Waals surface area contributed by atoms with E-state index in [9.17, 15) is 0 Å². The van der Waals surface area contributed by atoms with Crippen molar-refractivity contribution in [2.45, 2.75) is 13.3 Å². The van der Waals surface area contributed by atoms with Crippen molar-refractivity contribution in [3.05, 3.63) is 35.7 Å². The van der Waals surface area contributed by atoms with Crippen LogP contribution in [0.4, 0.5) is 0 Å². The Morgan fingerprint density at radius 1 is 1.54 bits per heavy atom. The van der Waals surface area contributed by atoms with Gasteiger partial charge in [0.05, 0.1) is 0 Å². The number of pyridine rings is 1. The lowest BCUT2D eigenvalue weighted by Gasteiger charge is -2.04. The summed E-state index contributed by atoms with van der Waals surface area (Å²) in [5, 5.41) is 0. The van der Waals surface area contributed by atoms with Gasteiger partial charge in [-0.25, -0.2) is 0 Å². The molecule has 1 aromatic rings. The number of aromatic nitrogens is 1. The lowest BCUT2D eigenvalue weighted by atomic mass is 10.0. The topological polar surface area (TPSA) is 12.9 Å². The third kappa shape index (κ3) is 1.78. The lowest BCUT2D eigenvalue weighted by molar-refractivity contribution is 0.980. The molecule has 0 spiro atoms. The molecule has 64 valence electrons. The molecule has 1 heterocycles. The van der Waals surface area contributed by atoms with E-state index in [1.54, 1.807) is 0 Å². The molecule has 1 atom stereocenters. The Morgan fingerprint density at radius 2 is 2.46 bits per heavy atom. The molecule has 0 radical (unpaired) electrons. The van der Waals surface area contributed by atoms with E-state index >= 15 is 0 Å². The van der Waals surface area contributed by atoms with Crippen LogP contribution in [-0.4, -0.2) is 4.98 Å². The monoisotopic (exact) mass is 169 g/mol. The number of hydrogen-bond acceptors (Lipinski definition) is 1. The van der Waals surface area contributed by atoms with Gasteiger partial charge >= 0.3 is 0 Å². The lowest BCUT2D eigenvalue weighted by Crippen LogP contribution is -1.93. The number of rotatable bonds is 0. The molecule has 1 aliphatic carbocycles. The van der Waals surface area contributed by atoms with E-state index in [1.807, 2.05) is 18.5 Å². The van der Waals surface area contributed by atoms with Crippen LogP contribution in [0.25, 0.3) is 6.08 Å². The van der Waals surface area contributed by atoms with Crippen LogP contribution in [0, 0.1) is 17.8 Å². The number of allylic oxidation sites excluding steroid dienone is 1. The maximum Gasteiger partial charge on any atom is 0.0361 e. The van der Waals surface area contributed by atoms with Crippen LogP contribution in [0.1, 0.15) is 18.1 Å². The fourth-order valence-corrected chi connectivity index (χ4v) is 1.35. The Balaban J connectivity index is 2.44. The summed E-state index contributed by atoms with van der Waals surface area (Å²) in [6.45, 7) is 2.11. The molecular formula is C12H11N. The maximum absolute atomic E-state index is 4.09. The SMILES string of the molecule is CC1C#CCc2cnccc2/C=C\1. The van der Waals surface area contributed by atoms with E-state index in [0.717, 1.165) is 6.42 Å². The Bertz CT molecular complexity index is 393. The van der Waals surface area contributed by atoms with E-state index in [2.05, 4.69) is 35.9 Å². The van der Waals surface area contributed by atoms with Gasteiger partial charge in [-0.3, -0.25) is 4.98 Å². The van der Waals surface area contributed by atoms with Gasteiger partial charge in [-0.05, 0) is 24.1 Å². The summed E-state index contributed by atoms with van der Waals surface area (Å²) in [7, 11) is 0. The zero-order valence-corrected chi connectivity index (χ0v) is 7.62. The van der Waals surface area contributed by atoms with Gasteiger partial charge in [0.1, 0.15) is 0 Å². The van der Waals surface area contributed by atoms with Crippen molar-refractivity contribution < 1.29 is 0 Å². The molecular weight excluding hydrogens is 158 g/mol. The van der Waals surface area contributed by atoms with Gasteiger partial charge in [0.2, 0.25) is 0 Å². The summed E-state index contributed by atoms with van der Waals surface area (Å²) in [4.78, 5) is 4.09. The van der Waals surface area contributed by atoms with Gasteiger partial charge in [0.15, 0.2) is 0 Å². The summed E-state index contributed by atoms with van der Waals surface area (Å²) < 4.78 is 0. The molecule has 0 aromatic carbocycles. The highest BCUT2D eigenvalue weighted by Crippen LogP contribution is 2.13. The summed E-state index contributed by atoms with van der Waals surface area (Å²) in [5.74, 6) is 6.68. The number of fused-ring (bicyclic) bond motifs is 1. The van der Waals surface area contributed by atoms with Crippen LogP contribution in [0.15, 0.2) is 24.5 Å². The Kier molecular flexibility index (Phi) is 2.14. The highest BCUT2D eigenvalue weighted by molar-refractivity contribution is 5.55. The number of hydrogen-bond donors (Lipinski definition) is 0. The first-order valence-electron chi connectivity index (χ1n) is 4.46. The van der Waals surface area contributed by atoms with E-state index in [1.165, 1.54) is 11.1 Å². The zero-order chi connectivity index (χ0) is 9.10. The second-order valence-electron chi connectivity index (χ2n) is 3.22. The van der Waals surface area contributed by atoms with Gasteiger partial charge in [0, 0.05) is 24.7 Å². The molecule has 13 heavy (non-hydrogen) atoms.